The fourth-order valence-electron chi connectivity index (χ4n) is 9.27. The van der Waals surface area contributed by atoms with E-state index >= 15 is 0 Å². The number of cyclic esters (lactones) is 1. The molecule has 1 amide bonds. The number of ether oxygens (including phenoxy) is 4. The SMILES string of the molecule is C=CCC1C=C(C)CC(C)CC(OC)C2OC(O)(CC(=O)N3CCCCC3C(=O)OC(C(C)=CC3CCC(O)C(O)C3)C(C)C(O)CC1=O)C(C)CC2OC. The molecule has 3 fully saturated rings. The summed E-state index contributed by atoms with van der Waals surface area (Å²) < 4.78 is 24.6. The van der Waals surface area contributed by atoms with Gasteiger partial charge < -0.3 is 44.3 Å². The third kappa shape index (κ3) is 11.6. The van der Waals surface area contributed by atoms with E-state index in [9.17, 15) is 34.8 Å². The summed E-state index contributed by atoms with van der Waals surface area (Å²) in [5.41, 5.74) is 1.66. The second kappa shape index (κ2) is 20.3. The van der Waals surface area contributed by atoms with E-state index in [1.54, 1.807) is 27.2 Å². The summed E-state index contributed by atoms with van der Waals surface area (Å²) in [5.74, 6) is -4.72. The van der Waals surface area contributed by atoms with E-state index < -0.39 is 84.2 Å². The van der Waals surface area contributed by atoms with Crippen LogP contribution >= 0.6 is 0 Å². The number of ketones is 1. The van der Waals surface area contributed by atoms with Crippen molar-refractivity contribution in [2.45, 2.75) is 166 Å². The molecule has 0 radical (unpaired) electrons. The number of nitrogens with zero attached hydrogens (tertiary/aromatic N) is 1. The molecule has 12 nitrogen and oxygen atoms in total. The number of aliphatic hydroxyl groups excluding tert-OH is 3. The molecule has 2 bridgehead atoms. The first kappa shape index (κ1) is 45.3. The lowest BCUT2D eigenvalue weighted by Gasteiger charge is -2.48. The molecule has 4 N–H and O–H groups in total. The molecule has 1 saturated carbocycles. The van der Waals surface area contributed by atoms with Crippen molar-refractivity contribution in [1.82, 2.24) is 4.90 Å². The number of hydrogen-bond acceptors (Lipinski definition) is 11. The molecule has 1 aliphatic carbocycles. The fourth-order valence-corrected chi connectivity index (χ4v) is 9.27. The van der Waals surface area contributed by atoms with Crippen LogP contribution in [0.25, 0.3) is 0 Å². The van der Waals surface area contributed by atoms with Crippen LogP contribution < -0.4 is 0 Å². The molecular formula is C43H69NO11. The van der Waals surface area contributed by atoms with Gasteiger partial charge in [0.1, 0.15) is 24.0 Å². The van der Waals surface area contributed by atoms with Crippen molar-refractivity contribution in [3.05, 3.63) is 36.0 Å². The second-order valence-corrected chi connectivity index (χ2v) is 17.1. The first-order valence-electron chi connectivity index (χ1n) is 20.5. The van der Waals surface area contributed by atoms with E-state index in [4.69, 9.17) is 18.9 Å². The summed E-state index contributed by atoms with van der Waals surface area (Å²) in [7, 11) is 3.20. The molecule has 12 heteroatoms. The lowest BCUT2D eigenvalue weighted by Crippen LogP contribution is -2.59. The number of esters is 1. The maximum absolute atomic E-state index is 14.2. The minimum Gasteiger partial charge on any atom is -0.456 e. The Kier molecular flexibility index (Phi) is 16.7. The third-order valence-electron chi connectivity index (χ3n) is 12.7. The van der Waals surface area contributed by atoms with E-state index in [2.05, 4.69) is 13.5 Å². The number of methoxy groups -OCH3 is 2. The Bertz CT molecular complexity index is 1380. The van der Waals surface area contributed by atoms with Crippen LogP contribution in [0.1, 0.15) is 112 Å². The van der Waals surface area contributed by atoms with Crippen LogP contribution in [0.5, 0.6) is 0 Å². The van der Waals surface area contributed by atoms with Crippen molar-refractivity contribution in [2.24, 2.45) is 29.6 Å². The molecule has 0 aromatic carbocycles. The maximum Gasteiger partial charge on any atom is 0.329 e. The van der Waals surface area contributed by atoms with Crippen LogP contribution in [-0.2, 0) is 33.3 Å². The summed E-state index contributed by atoms with van der Waals surface area (Å²) in [6.07, 6.45) is 4.95. The lowest BCUT2D eigenvalue weighted by atomic mass is 9.81. The minimum atomic E-state index is -1.84. The zero-order chi connectivity index (χ0) is 40.6. The molecule has 2 saturated heterocycles. The Hall–Kier alpha value is -2.45. The van der Waals surface area contributed by atoms with E-state index in [0.29, 0.717) is 76.3 Å². The highest BCUT2D eigenvalue weighted by Crippen LogP contribution is 2.40. The molecule has 55 heavy (non-hydrogen) atoms. The van der Waals surface area contributed by atoms with E-state index in [-0.39, 0.29) is 30.5 Å². The topological polar surface area (TPSA) is 172 Å². The van der Waals surface area contributed by atoms with Gasteiger partial charge in [-0.05, 0) is 95.5 Å². The van der Waals surface area contributed by atoms with Crippen molar-refractivity contribution >= 4 is 17.7 Å². The van der Waals surface area contributed by atoms with Crippen LogP contribution in [0.4, 0.5) is 0 Å². The van der Waals surface area contributed by atoms with Crippen molar-refractivity contribution in [1.29, 1.82) is 0 Å². The monoisotopic (exact) mass is 775 g/mol. The number of piperidine rings is 1. The second-order valence-electron chi connectivity index (χ2n) is 17.1. The van der Waals surface area contributed by atoms with Crippen molar-refractivity contribution in [2.75, 3.05) is 20.8 Å². The van der Waals surface area contributed by atoms with Gasteiger partial charge in [-0.3, -0.25) is 9.59 Å². The molecule has 3 aliphatic heterocycles. The molecule has 14 unspecified atom stereocenters. The van der Waals surface area contributed by atoms with Gasteiger partial charge in [0.2, 0.25) is 5.91 Å². The zero-order valence-electron chi connectivity index (χ0n) is 34.2. The third-order valence-corrected chi connectivity index (χ3v) is 12.7. The molecular weight excluding hydrogens is 706 g/mol. The number of rotatable bonds is 6. The smallest absolute Gasteiger partial charge is 0.329 e. The lowest BCUT2D eigenvalue weighted by molar-refractivity contribution is -0.321. The molecule has 3 heterocycles. The number of carbonyl (C=O) groups excluding carboxylic acids is 3. The minimum absolute atomic E-state index is 0.0917. The van der Waals surface area contributed by atoms with E-state index in [0.717, 1.165) is 5.57 Å². The van der Waals surface area contributed by atoms with Gasteiger partial charge in [-0.15, -0.1) is 6.58 Å². The van der Waals surface area contributed by atoms with Crippen molar-refractivity contribution < 1.29 is 53.8 Å². The number of Topliss-reactive ketones (excluding diaryl/α,β-unsaturated/α-hetero) is 1. The van der Waals surface area contributed by atoms with Crippen LogP contribution in [0.2, 0.25) is 0 Å². The largest absolute Gasteiger partial charge is 0.456 e. The number of allylic oxidation sites excluding steroid dienone is 4. The summed E-state index contributed by atoms with van der Waals surface area (Å²) in [5, 5.41) is 44.2. The molecule has 4 aliphatic rings. The molecule has 0 aromatic heterocycles. The van der Waals surface area contributed by atoms with Gasteiger partial charge in [0.25, 0.3) is 0 Å². The summed E-state index contributed by atoms with van der Waals surface area (Å²) in [6.45, 7) is 13.7. The summed E-state index contributed by atoms with van der Waals surface area (Å²) >= 11 is 0. The highest BCUT2D eigenvalue weighted by molar-refractivity contribution is 5.85. The Labute approximate surface area is 328 Å². The van der Waals surface area contributed by atoms with Crippen LogP contribution in [0.3, 0.4) is 0 Å². The Morgan fingerprint density at radius 3 is 2.31 bits per heavy atom. The molecule has 14 atom stereocenters. The summed E-state index contributed by atoms with van der Waals surface area (Å²) in [6, 6.07) is -0.925. The maximum atomic E-state index is 14.2. The number of amides is 1. The number of hydrogen-bond donors (Lipinski definition) is 4. The average Bonchev–Trinajstić information content (AvgIpc) is 3.14. The van der Waals surface area contributed by atoms with Gasteiger partial charge in [-0.2, -0.15) is 0 Å². The first-order valence-corrected chi connectivity index (χ1v) is 20.5. The number of aliphatic hydroxyl groups is 4. The van der Waals surface area contributed by atoms with Crippen LogP contribution in [-0.4, -0.2) is 118 Å². The fraction of sp³-hybridized carbons (Fsp3) is 0.791. The first-order chi connectivity index (χ1) is 26.0. The van der Waals surface area contributed by atoms with Crippen LogP contribution in [0.15, 0.2) is 36.0 Å². The predicted molar refractivity (Wildman–Crippen MR) is 207 cm³/mol. The summed E-state index contributed by atoms with van der Waals surface area (Å²) in [4.78, 5) is 43.8. The quantitative estimate of drug-likeness (QED) is 0.216. The standard InChI is InChI=1S/C43H69NO11/c1-9-12-31-18-25(2)17-26(3)19-37(52-7)41-38(53-8)21-28(5)43(51,55-41)24-39(49)44-16-11-10-13-32(44)42(50)54-40(29(6)34(46)23-35(31)47)27(4)20-30-14-15-33(45)36(48)22-30/h9,18,20,26,28-34,36-38,40-41,45-46,48,51H,1,10-17,19,21-24H2,2-8H3. The van der Waals surface area contributed by atoms with Crippen LogP contribution in [0, 0.1) is 29.6 Å². The molecule has 4 rings (SSSR count). The molecule has 312 valence electrons. The highest BCUT2D eigenvalue weighted by Gasteiger charge is 2.51. The molecule has 0 spiro atoms. The van der Waals surface area contributed by atoms with Gasteiger partial charge in [-0.25, -0.2) is 4.79 Å². The van der Waals surface area contributed by atoms with Crippen molar-refractivity contribution in [3.63, 3.8) is 0 Å². The predicted octanol–water partition coefficient (Wildman–Crippen LogP) is 4.81. The van der Waals surface area contributed by atoms with E-state index in [1.165, 1.54) is 4.90 Å². The Balaban J connectivity index is 1.74. The highest BCUT2D eigenvalue weighted by atomic mass is 16.7. The van der Waals surface area contributed by atoms with Gasteiger partial charge in [0, 0.05) is 44.9 Å². The van der Waals surface area contributed by atoms with Gasteiger partial charge in [0.05, 0.1) is 36.9 Å². The Morgan fingerprint density at radius 2 is 1.65 bits per heavy atom. The van der Waals surface area contributed by atoms with E-state index in [1.807, 2.05) is 32.9 Å². The van der Waals surface area contributed by atoms with Gasteiger partial charge in [-0.1, -0.05) is 44.6 Å². The van der Waals surface area contributed by atoms with Gasteiger partial charge >= 0.3 is 5.97 Å². The zero-order valence-corrected chi connectivity index (χ0v) is 34.2. The normalized spacial score (nSPS) is 41.0. The number of carbonyl (C=O) groups is 3. The van der Waals surface area contributed by atoms with Gasteiger partial charge in [0.15, 0.2) is 5.79 Å². The number of fused-ring (bicyclic) bond motifs is 3. The molecule has 0 aromatic rings. The average molecular weight is 776 g/mol. The van der Waals surface area contributed by atoms with Crippen molar-refractivity contribution in [3.8, 4) is 0 Å². The Morgan fingerprint density at radius 1 is 0.964 bits per heavy atom.